The van der Waals surface area contributed by atoms with E-state index >= 15 is 0 Å². The van der Waals surface area contributed by atoms with Gasteiger partial charge in [0, 0.05) is 17.3 Å². The Bertz CT molecular complexity index is 644. The Morgan fingerprint density at radius 3 is 2.38 bits per heavy atom. The summed E-state index contributed by atoms with van der Waals surface area (Å²) in [7, 11) is 0. The molecule has 0 saturated carbocycles. The zero-order valence-electron chi connectivity index (χ0n) is 12.0. The molecule has 1 rings (SSSR count). The van der Waals surface area contributed by atoms with E-state index in [1.165, 1.54) is 6.20 Å². The average molecular weight is 303 g/mol. The fourth-order valence-corrected chi connectivity index (χ4v) is 1.49. The molecule has 1 aromatic carbocycles. The first-order chi connectivity index (χ1) is 9.77. The van der Waals surface area contributed by atoms with Gasteiger partial charge >= 0.3 is 0 Å². The number of carbonyl (C=O) groups is 1. The number of anilines is 2. The lowest BCUT2D eigenvalue weighted by atomic mass is 9.95. The molecule has 0 radical (unpaired) electrons. The first-order valence-electron chi connectivity index (χ1n) is 6.16. The van der Waals surface area contributed by atoms with E-state index in [1.807, 2.05) is 20.8 Å². The molecule has 1 aromatic rings. The van der Waals surface area contributed by atoms with Gasteiger partial charge in [0.15, 0.2) is 0 Å². The second-order valence-electron chi connectivity index (χ2n) is 5.32. The minimum Gasteiger partial charge on any atom is -0.360 e. The molecule has 108 valence electrons. The lowest BCUT2D eigenvalue weighted by molar-refractivity contribution is -0.123. The van der Waals surface area contributed by atoms with Crippen molar-refractivity contribution in [2.45, 2.75) is 20.8 Å². The van der Waals surface area contributed by atoms with Crippen molar-refractivity contribution in [3.05, 3.63) is 35.0 Å². The maximum Gasteiger partial charge on any atom is 0.229 e. The van der Waals surface area contributed by atoms with Crippen molar-refractivity contribution in [3.8, 4) is 12.1 Å². The van der Waals surface area contributed by atoms with E-state index in [-0.39, 0.29) is 11.5 Å². The van der Waals surface area contributed by atoms with Crippen LogP contribution in [0, 0.1) is 28.1 Å². The number of carbonyl (C=O) groups excluding carboxylic acids is 1. The molecule has 0 aromatic heterocycles. The molecule has 21 heavy (non-hydrogen) atoms. The smallest absolute Gasteiger partial charge is 0.229 e. The zero-order chi connectivity index (χ0) is 16.0. The van der Waals surface area contributed by atoms with Crippen LogP contribution in [-0.2, 0) is 4.79 Å². The zero-order valence-corrected chi connectivity index (χ0v) is 12.7. The van der Waals surface area contributed by atoms with Gasteiger partial charge in [-0.3, -0.25) is 4.79 Å². The Morgan fingerprint density at radius 2 is 1.90 bits per heavy atom. The van der Waals surface area contributed by atoms with Gasteiger partial charge in [0.25, 0.3) is 0 Å². The van der Waals surface area contributed by atoms with Crippen LogP contribution in [0.15, 0.2) is 30.0 Å². The molecule has 2 N–H and O–H groups in total. The number of benzene rings is 1. The van der Waals surface area contributed by atoms with E-state index in [0.717, 1.165) is 0 Å². The summed E-state index contributed by atoms with van der Waals surface area (Å²) < 4.78 is 0. The summed E-state index contributed by atoms with van der Waals surface area (Å²) in [6, 6.07) is 8.42. The third-order valence-electron chi connectivity index (χ3n) is 2.52. The predicted octanol–water partition coefficient (Wildman–Crippen LogP) is 3.67. The van der Waals surface area contributed by atoms with Gasteiger partial charge in [0.2, 0.25) is 5.91 Å². The Hall–Kier alpha value is -2.50. The number of hydrogen-bond acceptors (Lipinski definition) is 4. The van der Waals surface area contributed by atoms with Crippen LogP contribution in [0.5, 0.6) is 0 Å². The van der Waals surface area contributed by atoms with Crippen molar-refractivity contribution >= 4 is 28.9 Å². The monoisotopic (exact) mass is 302 g/mol. The molecule has 0 heterocycles. The Labute approximate surface area is 128 Å². The molecule has 0 spiro atoms. The topological polar surface area (TPSA) is 88.7 Å². The fraction of sp³-hybridized carbons (Fsp3) is 0.267. The van der Waals surface area contributed by atoms with Crippen LogP contribution in [0.1, 0.15) is 20.8 Å². The first-order valence-corrected chi connectivity index (χ1v) is 6.53. The van der Waals surface area contributed by atoms with Crippen LogP contribution in [-0.4, -0.2) is 5.91 Å². The van der Waals surface area contributed by atoms with Crippen molar-refractivity contribution in [2.24, 2.45) is 5.41 Å². The molecule has 0 saturated heterocycles. The molecule has 0 unspecified atom stereocenters. The van der Waals surface area contributed by atoms with Gasteiger partial charge < -0.3 is 10.6 Å². The summed E-state index contributed by atoms with van der Waals surface area (Å²) in [6.07, 6.45) is 1.29. The highest BCUT2D eigenvalue weighted by molar-refractivity contribution is 6.34. The third kappa shape index (κ3) is 4.83. The molecular formula is C15H15ClN4O. The Balaban J connectivity index is 2.88. The van der Waals surface area contributed by atoms with Crippen LogP contribution in [0.3, 0.4) is 0 Å². The van der Waals surface area contributed by atoms with E-state index in [9.17, 15) is 4.79 Å². The summed E-state index contributed by atoms with van der Waals surface area (Å²) in [5.41, 5.74) is 0.553. The molecule has 0 aliphatic rings. The van der Waals surface area contributed by atoms with Gasteiger partial charge in [-0.2, -0.15) is 10.5 Å². The number of halogens is 1. The highest BCUT2D eigenvalue weighted by atomic mass is 35.5. The third-order valence-corrected chi connectivity index (χ3v) is 2.84. The largest absolute Gasteiger partial charge is 0.360 e. The molecule has 6 heteroatoms. The molecule has 0 aliphatic carbocycles. The number of allylic oxidation sites excluding steroid dienone is 1. The van der Waals surface area contributed by atoms with Gasteiger partial charge in [-0.05, 0) is 18.2 Å². The van der Waals surface area contributed by atoms with E-state index in [0.29, 0.717) is 16.4 Å². The summed E-state index contributed by atoms with van der Waals surface area (Å²) in [5, 5.41) is 23.1. The van der Waals surface area contributed by atoms with Crippen molar-refractivity contribution in [3.63, 3.8) is 0 Å². The number of nitrogens with zero attached hydrogens (tertiary/aromatic N) is 2. The van der Waals surface area contributed by atoms with Gasteiger partial charge in [-0.15, -0.1) is 0 Å². The normalized spacial score (nSPS) is 10.0. The minimum atomic E-state index is -0.516. The van der Waals surface area contributed by atoms with Crippen molar-refractivity contribution in [1.29, 1.82) is 10.5 Å². The maximum atomic E-state index is 11.9. The molecule has 0 aliphatic heterocycles. The standard InChI is InChI=1S/C15H15ClN4O/c1-15(2,3)14(21)20-13-5-4-11(6-12(13)16)19-9-10(7-17)8-18/h4-6,9,19H,1-3H3,(H,20,21). The van der Waals surface area contributed by atoms with Gasteiger partial charge in [0.1, 0.15) is 17.7 Å². The summed E-state index contributed by atoms with van der Waals surface area (Å²) >= 11 is 6.10. The van der Waals surface area contributed by atoms with Crippen LogP contribution in [0.25, 0.3) is 0 Å². The van der Waals surface area contributed by atoms with Gasteiger partial charge in [0.05, 0.1) is 10.7 Å². The summed E-state index contributed by atoms with van der Waals surface area (Å²) in [4.78, 5) is 11.9. The van der Waals surface area contributed by atoms with Crippen LogP contribution in [0.4, 0.5) is 11.4 Å². The van der Waals surface area contributed by atoms with Gasteiger partial charge in [-0.1, -0.05) is 32.4 Å². The highest BCUT2D eigenvalue weighted by Crippen LogP contribution is 2.27. The molecule has 0 atom stereocenters. The number of rotatable bonds is 3. The number of amides is 1. The van der Waals surface area contributed by atoms with E-state index in [1.54, 1.807) is 30.3 Å². The Kier molecular flexibility index (Phi) is 5.35. The lowest BCUT2D eigenvalue weighted by Gasteiger charge is -2.18. The number of hydrogen-bond donors (Lipinski definition) is 2. The van der Waals surface area contributed by atoms with E-state index < -0.39 is 5.41 Å². The maximum absolute atomic E-state index is 11.9. The number of nitrogens with one attached hydrogen (secondary N) is 2. The molecule has 1 amide bonds. The summed E-state index contributed by atoms with van der Waals surface area (Å²) in [6.45, 7) is 5.42. The SMILES string of the molecule is CC(C)(C)C(=O)Nc1ccc(NC=C(C#N)C#N)cc1Cl. The Morgan fingerprint density at radius 1 is 1.29 bits per heavy atom. The predicted molar refractivity (Wildman–Crippen MR) is 82.5 cm³/mol. The quantitative estimate of drug-likeness (QED) is 0.834. The fourth-order valence-electron chi connectivity index (χ4n) is 1.26. The second-order valence-corrected chi connectivity index (χ2v) is 5.73. The molecule has 0 fully saturated rings. The van der Waals surface area contributed by atoms with Crippen LogP contribution < -0.4 is 10.6 Å². The van der Waals surface area contributed by atoms with Crippen molar-refractivity contribution in [1.82, 2.24) is 0 Å². The van der Waals surface area contributed by atoms with E-state index in [2.05, 4.69) is 10.6 Å². The van der Waals surface area contributed by atoms with Crippen molar-refractivity contribution in [2.75, 3.05) is 10.6 Å². The second kappa shape index (κ2) is 6.78. The lowest BCUT2D eigenvalue weighted by Crippen LogP contribution is -2.27. The van der Waals surface area contributed by atoms with Crippen LogP contribution in [0.2, 0.25) is 5.02 Å². The highest BCUT2D eigenvalue weighted by Gasteiger charge is 2.21. The van der Waals surface area contributed by atoms with Gasteiger partial charge in [-0.25, -0.2) is 0 Å². The molecule has 5 nitrogen and oxygen atoms in total. The molecular weight excluding hydrogens is 288 g/mol. The van der Waals surface area contributed by atoms with Crippen LogP contribution >= 0.6 is 11.6 Å². The van der Waals surface area contributed by atoms with Crippen molar-refractivity contribution < 1.29 is 4.79 Å². The summed E-state index contributed by atoms with van der Waals surface area (Å²) in [5.74, 6) is -0.138. The van der Waals surface area contributed by atoms with E-state index in [4.69, 9.17) is 22.1 Å². The average Bonchev–Trinajstić information content (AvgIpc) is 2.41. The number of nitriles is 2. The molecule has 0 bridgehead atoms. The minimum absolute atomic E-state index is 0.0452. The first kappa shape index (κ1) is 16.6.